The third kappa shape index (κ3) is 2.91. The minimum atomic E-state index is 0.428. The van der Waals surface area contributed by atoms with Gasteiger partial charge in [-0.15, -0.1) is 0 Å². The number of likely N-dealkylation sites (N-methyl/N-ethyl adjacent to an activating group) is 1. The van der Waals surface area contributed by atoms with Gasteiger partial charge in [-0.25, -0.2) is 0 Å². The molecule has 1 aliphatic heterocycles. The summed E-state index contributed by atoms with van der Waals surface area (Å²) in [7, 11) is 2.09. The van der Waals surface area contributed by atoms with E-state index in [1.807, 2.05) is 24.5 Å². The highest BCUT2D eigenvalue weighted by atomic mass is 16.5. The number of nitrogens with zero attached hydrogens (tertiary/aromatic N) is 2. The van der Waals surface area contributed by atoms with Crippen LogP contribution in [0.3, 0.4) is 0 Å². The first-order valence-electron chi connectivity index (χ1n) is 5.28. The standard InChI is InChI=1S/C11H17N3O/c1-14(11-2-4-12-5-3-11)8-10-9-15-7-6-13-10/h2-5,10,13H,6-9H2,1H3. The molecule has 0 bridgehead atoms. The fourth-order valence-corrected chi connectivity index (χ4v) is 1.77. The minimum absolute atomic E-state index is 0.428. The van der Waals surface area contributed by atoms with Crippen LogP contribution in [0.1, 0.15) is 0 Å². The molecule has 0 saturated carbocycles. The molecule has 1 aromatic rings. The first kappa shape index (κ1) is 10.4. The fraction of sp³-hybridized carbons (Fsp3) is 0.545. The van der Waals surface area contributed by atoms with Gasteiger partial charge < -0.3 is 15.0 Å². The fourth-order valence-electron chi connectivity index (χ4n) is 1.77. The number of ether oxygens (including phenoxy) is 1. The van der Waals surface area contributed by atoms with Crippen molar-refractivity contribution in [2.24, 2.45) is 0 Å². The second kappa shape index (κ2) is 5.09. The van der Waals surface area contributed by atoms with Gasteiger partial charge in [-0.2, -0.15) is 0 Å². The summed E-state index contributed by atoms with van der Waals surface area (Å²) in [5, 5.41) is 3.44. The van der Waals surface area contributed by atoms with E-state index in [2.05, 4.69) is 22.2 Å². The van der Waals surface area contributed by atoms with Gasteiger partial charge in [0, 0.05) is 44.3 Å². The summed E-state index contributed by atoms with van der Waals surface area (Å²) in [5.41, 5.74) is 1.19. The van der Waals surface area contributed by atoms with Crippen molar-refractivity contribution >= 4 is 5.69 Å². The lowest BCUT2D eigenvalue weighted by atomic mass is 10.2. The topological polar surface area (TPSA) is 37.4 Å². The van der Waals surface area contributed by atoms with Gasteiger partial charge in [0.25, 0.3) is 0 Å². The molecule has 0 radical (unpaired) electrons. The Morgan fingerprint density at radius 1 is 1.53 bits per heavy atom. The number of hydrogen-bond donors (Lipinski definition) is 1. The monoisotopic (exact) mass is 207 g/mol. The number of nitrogens with one attached hydrogen (secondary N) is 1. The average molecular weight is 207 g/mol. The molecule has 82 valence electrons. The van der Waals surface area contributed by atoms with Gasteiger partial charge in [-0.1, -0.05) is 0 Å². The number of pyridine rings is 1. The van der Waals surface area contributed by atoms with E-state index in [9.17, 15) is 0 Å². The van der Waals surface area contributed by atoms with Crippen LogP contribution >= 0.6 is 0 Å². The van der Waals surface area contributed by atoms with Crippen molar-refractivity contribution in [1.29, 1.82) is 0 Å². The zero-order chi connectivity index (χ0) is 10.5. The summed E-state index contributed by atoms with van der Waals surface area (Å²) < 4.78 is 5.42. The summed E-state index contributed by atoms with van der Waals surface area (Å²) in [5.74, 6) is 0. The Balaban J connectivity index is 1.88. The predicted molar refractivity (Wildman–Crippen MR) is 60.1 cm³/mol. The van der Waals surface area contributed by atoms with E-state index in [-0.39, 0.29) is 0 Å². The first-order valence-corrected chi connectivity index (χ1v) is 5.28. The van der Waals surface area contributed by atoms with E-state index in [1.54, 1.807) is 0 Å². The molecule has 1 N–H and O–H groups in total. The molecule has 1 unspecified atom stereocenters. The molecule has 1 atom stereocenters. The SMILES string of the molecule is CN(CC1COCCN1)c1ccncc1. The molecule has 1 saturated heterocycles. The first-order chi connectivity index (χ1) is 7.36. The molecule has 2 rings (SSSR count). The highest BCUT2D eigenvalue weighted by Crippen LogP contribution is 2.10. The zero-order valence-electron chi connectivity index (χ0n) is 9.02. The van der Waals surface area contributed by atoms with Crippen LogP contribution in [0.5, 0.6) is 0 Å². The molecule has 15 heavy (non-hydrogen) atoms. The van der Waals surface area contributed by atoms with Crippen LogP contribution in [0.4, 0.5) is 5.69 Å². The van der Waals surface area contributed by atoms with Crippen LogP contribution in [0.25, 0.3) is 0 Å². The van der Waals surface area contributed by atoms with Crippen molar-refractivity contribution in [1.82, 2.24) is 10.3 Å². The summed E-state index contributed by atoms with van der Waals surface area (Å²) in [6.07, 6.45) is 3.63. The van der Waals surface area contributed by atoms with Gasteiger partial charge in [0.2, 0.25) is 0 Å². The average Bonchev–Trinajstić information content (AvgIpc) is 2.31. The third-order valence-corrected chi connectivity index (χ3v) is 2.60. The Kier molecular flexibility index (Phi) is 3.53. The molecule has 0 aliphatic carbocycles. The van der Waals surface area contributed by atoms with Crippen molar-refractivity contribution < 1.29 is 4.74 Å². The maximum atomic E-state index is 5.42. The molecule has 0 amide bonds. The van der Waals surface area contributed by atoms with Gasteiger partial charge in [-0.3, -0.25) is 4.98 Å². The largest absolute Gasteiger partial charge is 0.378 e. The number of anilines is 1. The molecule has 4 heteroatoms. The van der Waals surface area contributed by atoms with Crippen molar-refractivity contribution in [2.75, 3.05) is 38.3 Å². The molecular formula is C11H17N3O. The lowest BCUT2D eigenvalue weighted by Gasteiger charge is -2.29. The molecule has 1 aromatic heterocycles. The molecule has 0 spiro atoms. The minimum Gasteiger partial charge on any atom is -0.378 e. The molecule has 2 heterocycles. The van der Waals surface area contributed by atoms with Crippen LogP contribution < -0.4 is 10.2 Å². The number of hydrogen-bond acceptors (Lipinski definition) is 4. The summed E-state index contributed by atoms with van der Waals surface area (Å²) in [6, 6.07) is 4.46. The van der Waals surface area contributed by atoms with Gasteiger partial charge in [0.05, 0.1) is 13.2 Å². The zero-order valence-corrected chi connectivity index (χ0v) is 9.02. The number of rotatable bonds is 3. The van der Waals surface area contributed by atoms with Gasteiger partial charge >= 0.3 is 0 Å². The summed E-state index contributed by atoms with van der Waals surface area (Å²) >= 11 is 0. The molecular weight excluding hydrogens is 190 g/mol. The second-order valence-corrected chi connectivity index (χ2v) is 3.81. The lowest BCUT2D eigenvalue weighted by Crippen LogP contribution is -2.47. The summed E-state index contributed by atoms with van der Waals surface area (Å²) in [4.78, 5) is 6.22. The third-order valence-electron chi connectivity index (χ3n) is 2.60. The Bertz CT molecular complexity index is 285. The Hall–Kier alpha value is -1.13. The highest BCUT2D eigenvalue weighted by molar-refractivity contribution is 5.43. The van der Waals surface area contributed by atoms with Crippen LogP contribution in [-0.4, -0.2) is 44.4 Å². The van der Waals surface area contributed by atoms with Crippen molar-refractivity contribution in [3.63, 3.8) is 0 Å². The van der Waals surface area contributed by atoms with Gasteiger partial charge in [-0.05, 0) is 12.1 Å². The van der Waals surface area contributed by atoms with Crippen molar-refractivity contribution in [3.8, 4) is 0 Å². The predicted octanol–water partition coefficient (Wildman–Crippen LogP) is 0.506. The van der Waals surface area contributed by atoms with E-state index >= 15 is 0 Å². The molecule has 0 aromatic carbocycles. The lowest BCUT2D eigenvalue weighted by molar-refractivity contribution is 0.0791. The Labute approximate surface area is 90.3 Å². The quantitative estimate of drug-likeness (QED) is 0.783. The maximum Gasteiger partial charge on any atom is 0.0637 e. The Morgan fingerprint density at radius 2 is 2.33 bits per heavy atom. The summed E-state index contributed by atoms with van der Waals surface area (Å²) in [6.45, 7) is 3.55. The Morgan fingerprint density at radius 3 is 3.00 bits per heavy atom. The second-order valence-electron chi connectivity index (χ2n) is 3.81. The highest BCUT2D eigenvalue weighted by Gasteiger charge is 2.14. The van der Waals surface area contributed by atoms with Crippen LogP contribution in [0.2, 0.25) is 0 Å². The van der Waals surface area contributed by atoms with Crippen molar-refractivity contribution in [2.45, 2.75) is 6.04 Å². The number of aromatic nitrogens is 1. The van der Waals surface area contributed by atoms with E-state index in [1.165, 1.54) is 5.69 Å². The normalized spacial score (nSPS) is 21.3. The molecule has 1 aliphatic rings. The van der Waals surface area contributed by atoms with Crippen LogP contribution in [0, 0.1) is 0 Å². The molecule has 4 nitrogen and oxygen atoms in total. The van der Waals surface area contributed by atoms with Crippen molar-refractivity contribution in [3.05, 3.63) is 24.5 Å². The maximum absolute atomic E-state index is 5.42. The van der Waals surface area contributed by atoms with E-state index in [4.69, 9.17) is 4.74 Å². The molecule has 1 fully saturated rings. The van der Waals surface area contributed by atoms with E-state index < -0.39 is 0 Å². The number of morpholine rings is 1. The van der Waals surface area contributed by atoms with E-state index in [0.29, 0.717) is 6.04 Å². The van der Waals surface area contributed by atoms with Crippen LogP contribution in [-0.2, 0) is 4.74 Å². The van der Waals surface area contributed by atoms with Crippen LogP contribution in [0.15, 0.2) is 24.5 Å². The van der Waals surface area contributed by atoms with E-state index in [0.717, 1.165) is 26.3 Å². The van der Waals surface area contributed by atoms with Gasteiger partial charge in [0.1, 0.15) is 0 Å². The van der Waals surface area contributed by atoms with Gasteiger partial charge in [0.15, 0.2) is 0 Å². The smallest absolute Gasteiger partial charge is 0.0637 e.